The lowest BCUT2D eigenvalue weighted by molar-refractivity contribution is -0.145. The van der Waals surface area contributed by atoms with Crippen LogP contribution < -0.4 is 26.0 Å². The summed E-state index contributed by atoms with van der Waals surface area (Å²) in [6.45, 7) is 3.09. The van der Waals surface area contributed by atoms with Gasteiger partial charge in [0.25, 0.3) is 5.91 Å². The van der Waals surface area contributed by atoms with Crippen molar-refractivity contribution in [2.24, 2.45) is 5.73 Å². The van der Waals surface area contributed by atoms with Crippen LogP contribution in [0.3, 0.4) is 0 Å². The third-order valence-corrected chi connectivity index (χ3v) is 13.6. The number of primary amides is 1. The summed E-state index contributed by atoms with van der Waals surface area (Å²) in [7, 11) is -4.47. The number of carbonyl (C=O) groups excluding carboxylic acids is 5. The number of fused-ring (bicyclic) bond motifs is 2. The average Bonchev–Trinajstić information content (AvgIpc) is 3.90. The van der Waals surface area contributed by atoms with Crippen LogP contribution in [0, 0.1) is 0 Å². The minimum absolute atomic E-state index is 0.0123. The number of hydrogen-bond donors (Lipinski definition) is 4. The first-order chi connectivity index (χ1) is 26.8. The largest absolute Gasteiger partial charge is 0.465 e. The molecule has 18 heteroatoms. The zero-order valence-corrected chi connectivity index (χ0v) is 32.9. The summed E-state index contributed by atoms with van der Waals surface area (Å²) >= 11 is 1.13. The first-order valence-corrected chi connectivity index (χ1v) is 21.4. The van der Waals surface area contributed by atoms with Crippen LogP contribution in [0.15, 0.2) is 54.6 Å². The molecule has 5 amide bonds. The number of benzene rings is 2. The van der Waals surface area contributed by atoms with Gasteiger partial charge in [-0.2, -0.15) is 0 Å². The lowest BCUT2D eigenvalue weighted by atomic mass is 9.99. The number of nitrogens with two attached hydrogens (primary N) is 1. The van der Waals surface area contributed by atoms with Crippen molar-refractivity contribution in [2.45, 2.75) is 101 Å². The summed E-state index contributed by atoms with van der Waals surface area (Å²) in [5.74, 6) is -4.25. The maximum atomic E-state index is 16.5. The molecule has 3 aliphatic rings. The van der Waals surface area contributed by atoms with Gasteiger partial charge in [0.05, 0.1) is 24.1 Å². The molecule has 3 saturated heterocycles. The van der Waals surface area contributed by atoms with Crippen LogP contribution in [0.5, 0.6) is 5.75 Å². The average molecular weight is 817 g/mol. The molecule has 3 fully saturated rings. The minimum atomic E-state index is -4.47. The molecule has 0 radical (unpaired) electrons. The zero-order valence-electron chi connectivity index (χ0n) is 31.2. The predicted molar refractivity (Wildman–Crippen MR) is 206 cm³/mol. The number of nitrogens with one attached hydrogen (secondary N) is 3. The molecule has 3 aromatic rings. The van der Waals surface area contributed by atoms with E-state index in [1.54, 1.807) is 30.3 Å². The van der Waals surface area contributed by atoms with Gasteiger partial charge in [0.15, 0.2) is 0 Å². The summed E-state index contributed by atoms with van der Waals surface area (Å²) in [4.78, 5) is 68.2. The lowest BCUT2D eigenvalue weighted by Gasteiger charge is -2.35. The molecule has 0 spiro atoms. The monoisotopic (exact) mass is 816 g/mol. The van der Waals surface area contributed by atoms with Gasteiger partial charge < -0.3 is 35.4 Å². The van der Waals surface area contributed by atoms with Crippen molar-refractivity contribution in [1.29, 1.82) is 0 Å². The van der Waals surface area contributed by atoms with E-state index in [2.05, 4.69) is 15.7 Å². The molecule has 6 rings (SSSR count). The molecule has 0 bridgehead atoms. The van der Waals surface area contributed by atoms with Crippen molar-refractivity contribution < 1.29 is 46.6 Å². The van der Waals surface area contributed by atoms with E-state index in [1.807, 2.05) is 6.92 Å². The fourth-order valence-corrected chi connectivity index (χ4v) is 10.3. The number of nitrogens with zero attached hydrogens (tertiary/aromatic N) is 2. The number of alkyl halides is 2. The van der Waals surface area contributed by atoms with E-state index in [4.69, 9.17) is 15.0 Å². The molecule has 8 atom stereocenters. The van der Waals surface area contributed by atoms with Crippen LogP contribution in [0.2, 0.25) is 0 Å². The van der Waals surface area contributed by atoms with Gasteiger partial charge in [-0.1, -0.05) is 44.0 Å². The number of amides is 5. The minimum Gasteiger partial charge on any atom is -0.465 e. The highest BCUT2D eigenvalue weighted by molar-refractivity contribution is 7.57. The second kappa shape index (κ2) is 17.7. The van der Waals surface area contributed by atoms with Crippen molar-refractivity contribution in [3.63, 3.8) is 0 Å². The molecule has 5 N–H and O–H groups in total. The van der Waals surface area contributed by atoms with Crippen LogP contribution >= 0.6 is 18.9 Å². The molecule has 2 aromatic carbocycles. The second-order valence-electron chi connectivity index (χ2n) is 14.4. The molecule has 4 heterocycles. The summed E-state index contributed by atoms with van der Waals surface area (Å²) < 4.78 is 56.9. The van der Waals surface area contributed by atoms with E-state index in [-0.39, 0.29) is 41.9 Å². The molecular formula is C38H47F2N6O8PS. The van der Waals surface area contributed by atoms with E-state index in [1.165, 1.54) is 36.1 Å². The Hall–Kier alpha value is -4.60. The molecule has 2 unspecified atom stereocenters. The number of para-hydroxylation sites is 1. The number of thiophene rings is 1. The Morgan fingerprint density at radius 2 is 1.77 bits per heavy atom. The van der Waals surface area contributed by atoms with Gasteiger partial charge >= 0.3 is 19.5 Å². The van der Waals surface area contributed by atoms with Crippen molar-refractivity contribution in [3.8, 4) is 5.75 Å². The number of esters is 1. The van der Waals surface area contributed by atoms with Gasteiger partial charge in [0, 0.05) is 17.3 Å². The Bertz CT molecular complexity index is 1990. The Balaban J connectivity index is 1.17. The topological polar surface area (TPSA) is 189 Å². The van der Waals surface area contributed by atoms with E-state index in [0.29, 0.717) is 48.6 Å². The second-order valence-corrected chi connectivity index (χ2v) is 17.6. The summed E-state index contributed by atoms with van der Waals surface area (Å²) in [6.07, 6.45) is 2.52. The molecule has 302 valence electrons. The molecule has 0 saturated carbocycles. The van der Waals surface area contributed by atoms with Crippen LogP contribution in [0.1, 0.15) is 79.9 Å². The number of hydrogen-bond acceptors (Lipinski definition) is 9. The van der Waals surface area contributed by atoms with Gasteiger partial charge in [-0.05, 0) is 80.3 Å². The number of likely N-dealkylation sites (tertiary alicyclic amines) is 1. The highest BCUT2D eigenvalue weighted by Crippen LogP contribution is 2.58. The maximum absolute atomic E-state index is 16.5. The van der Waals surface area contributed by atoms with Crippen molar-refractivity contribution in [3.05, 3.63) is 65.0 Å². The van der Waals surface area contributed by atoms with Crippen LogP contribution in [-0.2, 0) is 23.7 Å². The zero-order chi connectivity index (χ0) is 40.1. The first-order valence-electron chi connectivity index (χ1n) is 18.9. The van der Waals surface area contributed by atoms with Gasteiger partial charge in [0.2, 0.25) is 17.7 Å². The van der Waals surface area contributed by atoms with Gasteiger partial charge in [0.1, 0.15) is 30.0 Å². The fraction of sp³-hybridized carbons (Fsp3) is 0.500. The standard InChI is InChI=1S/C38H47F2N6O8PS/c1-3-17-53-37(50)22(2)44-55(52,54-26-10-5-4-6-11-26)33(40)23-13-16-31-24(18-23)19-32(56-31)35(48)42-28-12-8-7-9-25-14-15-30(46(25)36(28)49)34(47)43-29-21-45(38(41)51)20-27(29)39/h4-6,10-11,13,16,18-19,22,25,27-30,33H,3,7-9,12,14-15,17,20-21H2,1-2H3,(H2,41,51)(H,42,48)(H,43,47)(H,44,52)/t22-,25-,27-,28-,29-,30-,33?,55?/m0/s1. The highest BCUT2D eigenvalue weighted by atomic mass is 32.1. The molecule has 0 aliphatic carbocycles. The molecule has 56 heavy (non-hydrogen) atoms. The Kier molecular flexibility index (Phi) is 13.0. The first kappa shape index (κ1) is 41.0. The number of urea groups is 1. The van der Waals surface area contributed by atoms with Gasteiger partial charge in [-0.25, -0.2) is 18.7 Å². The van der Waals surface area contributed by atoms with E-state index >= 15 is 4.39 Å². The Morgan fingerprint density at radius 3 is 2.48 bits per heavy atom. The van der Waals surface area contributed by atoms with E-state index in [9.17, 15) is 32.9 Å². The Labute approximate surface area is 327 Å². The summed E-state index contributed by atoms with van der Waals surface area (Å²) in [5, 5.41) is 8.57. The van der Waals surface area contributed by atoms with Gasteiger partial charge in [-0.15, -0.1) is 11.3 Å². The Morgan fingerprint density at radius 1 is 1.02 bits per heavy atom. The van der Waals surface area contributed by atoms with E-state index in [0.717, 1.165) is 22.7 Å². The summed E-state index contributed by atoms with van der Waals surface area (Å²) in [6, 6.07) is 9.18. The predicted octanol–water partition coefficient (Wildman–Crippen LogP) is 5.32. The highest BCUT2D eigenvalue weighted by Gasteiger charge is 2.46. The van der Waals surface area contributed by atoms with Gasteiger partial charge in [-0.3, -0.25) is 23.7 Å². The normalized spacial score (nSPS) is 24.6. The summed E-state index contributed by atoms with van der Waals surface area (Å²) in [5.41, 5.74) is 5.29. The number of ether oxygens (including phenoxy) is 1. The lowest BCUT2D eigenvalue weighted by Crippen LogP contribution is -2.57. The van der Waals surface area contributed by atoms with Crippen molar-refractivity contribution in [1.82, 2.24) is 25.5 Å². The number of rotatable bonds is 13. The fourth-order valence-electron chi connectivity index (χ4n) is 7.46. The smallest absolute Gasteiger partial charge is 0.355 e. The molecule has 14 nitrogen and oxygen atoms in total. The van der Waals surface area contributed by atoms with Crippen molar-refractivity contribution >= 4 is 58.7 Å². The van der Waals surface area contributed by atoms with Crippen LogP contribution in [0.25, 0.3) is 10.1 Å². The van der Waals surface area contributed by atoms with Crippen LogP contribution in [-0.4, -0.2) is 95.6 Å². The SMILES string of the molecule is CCCOC(=O)[C@H](C)NP(=O)(Oc1ccccc1)C(F)c1ccc2sc(C(=O)N[C@H]3CCCC[C@H]4CC[C@@H](C(=O)N[C@H]5CN(C(N)=O)C[C@@H]5F)N4C3=O)cc2c1. The third kappa shape index (κ3) is 9.16. The molecular weight excluding hydrogens is 769 g/mol. The molecule has 3 aliphatic heterocycles. The third-order valence-electron chi connectivity index (χ3n) is 10.3. The number of carbonyl (C=O) groups is 5. The van der Waals surface area contributed by atoms with E-state index < -0.39 is 73.5 Å². The van der Waals surface area contributed by atoms with Crippen LogP contribution in [0.4, 0.5) is 13.6 Å². The quantitative estimate of drug-likeness (QED) is 0.131. The molecule has 1 aromatic heterocycles. The maximum Gasteiger partial charge on any atom is 0.355 e. The van der Waals surface area contributed by atoms with Crippen molar-refractivity contribution in [2.75, 3.05) is 19.7 Å². The number of halogens is 2.